The molecule has 0 unspecified atom stereocenters. The summed E-state index contributed by atoms with van der Waals surface area (Å²) in [6.07, 6.45) is 1.07. The molecule has 8 nitrogen and oxygen atoms in total. The molecular weight excluding hydrogens is 436 g/mol. The summed E-state index contributed by atoms with van der Waals surface area (Å²) in [5.41, 5.74) is 0.646. The second-order valence-corrected chi connectivity index (χ2v) is 8.77. The Balaban J connectivity index is 1.82. The predicted molar refractivity (Wildman–Crippen MR) is 129 cm³/mol. The lowest BCUT2D eigenvalue weighted by atomic mass is 10.1. The molecular formula is C26H34N2O6. The van der Waals surface area contributed by atoms with Crippen molar-refractivity contribution < 1.29 is 28.6 Å². The summed E-state index contributed by atoms with van der Waals surface area (Å²) in [6, 6.07) is 15.2. The quantitative estimate of drug-likeness (QED) is 0.376. The van der Waals surface area contributed by atoms with Crippen molar-refractivity contribution in [2.24, 2.45) is 0 Å². The first-order valence-corrected chi connectivity index (χ1v) is 11.3. The zero-order valence-corrected chi connectivity index (χ0v) is 20.3. The number of unbranched alkanes of at least 4 members (excludes halogenated alkanes) is 1. The zero-order chi connectivity index (χ0) is 25.0. The van der Waals surface area contributed by atoms with Crippen LogP contribution in [0.1, 0.15) is 56.0 Å². The van der Waals surface area contributed by atoms with Gasteiger partial charge in [0.2, 0.25) is 0 Å². The number of esters is 1. The third kappa shape index (κ3) is 9.94. The standard InChI is InChI=1S/C26H34N2O6/c1-26(2,3)34-24(30)22(28-23(29)20-13-15-21(32-4)16-14-20)12-8-9-17-27-25(31)33-18-19-10-6-5-7-11-19/h5-7,10-11,13-16,22H,8-9,12,17-18H2,1-4H3,(H,27,31)(H,28,29)/t22-/m0/s1. The minimum Gasteiger partial charge on any atom is -0.497 e. The Morgan fingerprint density at radius 3 is 2.24 bits per heavy atom. The molecule has 0 bridgehead atoms. The molecule has 2 aromatic carbocycles. The third-order valence-electron chi connectivity index (χ3n) is 4.75. The Labute approximate surface area is 201 Å². The molecule has 34 heavy (non-hydrogen) atoms. The minimum absolute atomic E-state index is 0.199. The number of hydrogen-bond acceptors (Lipinski definition) is 6. The fourth-order valence-electron chi connectivity index (χ4n) is 3.04. The van der Waals surface area contributed by atoms with E-state index < -0.39 is 23.7 Å². The van der Waals surface area contributed by atoms with Gasteiger partial charge in [0.1, 0.15) is 24.0 Å². The number of ether oxygens (including phenoxy) is 3. The second kappa shape index (κ2) is 13.2. The lowest BCUT2D eigenvalue weighted by Crippen LogP contribution is -2.44. The highest BCUT2D eigenvalue weighted by Gasteiger charge is 2.26. The van der Waals surface area contributed by atoms with Crippen molar-refractivity contribution in [3.05, 3.63) is 65.7 Å². The summed E-state index contributed by atoms with van der Waals surface area (Å²) in [7, 11) is 1.55. The number of carbonyl (C=O) groups excluding carboxylic acids is 3. The van der Waals surface area contributed by atoms with E-state index >= 15 is 0 Å². The molecule has 0 saturated carbocycles. The molecule has 0 aliphatic carbocycles. The largest absolute Gasteiger partial charge is 0.497 e. The van der Waals surface area contributed by atoms with Gasteiger partial charge in [-0.3, -0.25) is 4.79 Å². The van der Waals surface area contributed by atoms with Crippen molar-refractivity contribution in [3.63, 3.8) is 0 Å². The third-order valence-corrected chi connectivity index (χ3v) is 4.75. The number of alkyl carbamates (subject to hydrolysis) is 1. The molecule has 184 valence electrons. The van der Waals surface area contributed by atoms with Crippen LogP contribution in [-0.2, 0) is 20.9 Å². The summed E-state index contributed by atoms with van der Waals surface area (Å²) in [5.74, 6) is -0.235. The van der Waals surface area contributed by atoms with Gasteiger partial charge in [0.25, 0.3) is 5.91 Å². The Kier molecular flexibility index (Phi) is 10.4. The van der Waals surface area contributed by atoms with Crippen LogP contribution in [0, 0.1) is 0 Å². The van der Waals surface area contributed by atoms with Gasteiger partial charge in [-0.1, -0.05) is 30.3 Å². The predicted octanol–water partition coefficient (Wildman–Crippen LogP) is 4.23. The van der Waals surface area contributed by atoms with Crippen LogP contribution < -0.4 is 15.4 Å². The molecule has 8 heteroatoms. The maximum absolute atomic E-state index is 12.7. The topological polar surface area (TPSA) is 103 Å². The van der Waals surface area contributed by atoms with Crippen molar-refractivity contribution in [1.29, 1.82) is 0 Å². The van der Waals surface area contributed by atoms with E-state index in [4.69, 9.17) is 14.2 Å². The van der Waals surface area contributed by atoms with E-state index in [9.17, 15) is 14.4 Å². The van der Waals surface area contributed by atoms with E-state index in [1.807, 2.05) is 30.3 Å². The van der Waals surface area contributed by atoms with Crippen LogP contribution in [0.25, 0.3) is 0 Å². The number of benzene rings is 2. The van der Waals surface area contributed by atoms with E-state index in [-0.39, 0.29) is 12.5 Å². The number of hydrogen-bond donors (Lipinski definition) is 2. The van der Waals surface area contributed by atoms with Gasteiger partial charge in [0.15, 0.2) is 0 Å². The van der Waals surface area contributed by atoms with E-state index in [0.717, 1.165) is 5.56 Å². The monoisotopic (exact) mass is 470 g/mol. The average molecular weight is 471 g/mol. The van der Waals surface area contributed by atoms with Crippen LogP contribution in [-0.4, -0.2) is 43.3 Å². The summed E-state index contributed by atoms with van der Waals surface area (Å²) in [6.45, 7) is 5.92. The molecule has 1 atom stereocenters. The van der Waals surface area contributed by atoms with Crippen molar-refractivity contribution in [2.75, 3.05) is 13.7 Å². The lowest BCUT2D eigenvalue weighted by Gasteiger charge is -2.24. The fraction of sp³-hybridized carbons (Fsp3) is 0.423. The van der Waals surface area contributed by atoms with Crippen molar-refractivity contribution >= 4 is 18.0 Å². The molecule has 0 saturated heterocycles. The van der Waals surface area contributed by atoms with Crippen LogP contribution >= 0.6 is 0 Å². The van der Waals surface area contributed by atoms with Gasteiger partial charge in [-0.25, -0.2) is 9.59 Å². The van der Waals surface area contributed by atoms with E-state index in [1.54, 1.807) is 52.1 Å². The zero-order valence-electron chi connectivity index (χ0n) is 20.3. The van der Waals surface area contributed by atoms with Gasteiger partial charge in [-0.05, 0) is 69.9 Å². The van der Waals surface area contributed by atoms with Crippen LogP contribution in [0.3, 0.4) is 0 Å². The van der Waals surface area contributed by atoms with Crippen LogP contribution in [0.4, 0.5) is 4.79 Å². The first-order chi connectivity index (χ1) is 16.2. The normalized spacial score (nSPS) is 11.8. The lowest BCUT2D eigenvalue weighted by molar-refractivity contribution is -0.157. The van der Waals surface area contributed by atoms with Gasteiger partial charge in [-0.2, -0.15) is 0 Å². The first-order valence-electron chi connectivity index (χ1n) is 11.3. The van der Waals surface area contributed by atoms with Gasteiger partial charge >= 0.3 is 12.1 Å². The van der Waals surface area contributed by atoms with Crippen molar-refractivity contribution in [2.45, 2.75) is 58.3 Å². The number of nitrogens with one attached hydrogen (secondary N) is 2. The van der Waals surface area contributed by atoms with Gasteiger partial charge < -0.3 is 24.8 Å². The van der Waals surface area contributed by atoms with Gasteiger partial charge in [0.05, 0.1) is 7.11 Å². The molecule has 0 spiro atoms. The maximum Gasteiger partial charge on any atom is 0.407 e. The molecule has 0 radical (unpaired) electrons. The van der Waals surface area contributed by atoms with Gasteiger partial charge in [-0.15, -0.1) is 0 Å². The molecule has 0 heterocycles. The Morgan fingerprint density at radius 2 is 1.62 bits per heavy atom. The highest BCUT2D eigenvalue weighted by Crippen LogP contribution is 2.14. The summed E-state index contributed by atoms with van der Waals surface area (Å²) in [5, 5.41) is 5.46. The second-order valence-electron chi connectivity index (χ2n) is 8.77. The molecule has 0 aliphatic heterocycles. The number of methoxy groups -OCH3 is 1. The number of amides is 2. The summed E-state index contributed by atoms with van der Waals surface area (Å²) < 4.78 is 15.8. The van der Waals surface area contributed by atoms with E-state index in [2.05, 4.69) is 10.6 Å². The van der Waals surface area contributed by atoms with Gasteiger partial charge in [0, 0.05) is 12.1 Å². The fourth-order valence-corrected chi connectivity index (χ4v) is 3.04. The molecule has 2 rings (SSSR count). The smallest absolute Gasteiger partial charge is 0.407 e. The molecule has 2 amide bonds. The number of rotatable bonds is 11. The summed E-state index contributed by atoms with van der Waals surface area (Å²) in [4.78, 5) is 37.2. The molecule has 0 fully saturated rings. The van der Waals surface area contributed by atoms with Crippen LogP contribution in [0.5, 0.6) is 5.75 Å². The van der Waals surface area contributed by atoms with Crippen molar-refractivity contribution in [1.82, 2.24) is 10.6 Å². The van der Waals surface area contributed by atoms with Crippen LogP contribution in [0.15, 0.2) is 54.6 Å². The van der Waals surface area contributed by atoms with E-state index in [1.165, 1.54) is 0 Å². The Bertz CT molecular complexity index is 923. The van der Waals surface area contributed by atoms with Crippen molar-refractivity contribution in [3.8, 4) is 5.75 Å². The average Bonchev–Trinajstić information content (AvgIpc) is 2.81. The first kappa shape index (κ1) is 26.7. The number of carbonyl (C=O) groups is 3. The van der Waals surface area contributed by atoms with E-state index in [0.29, 0.717) is 37.1 Å². The Morgan fingerprint density at radius 1 is 0.941 bits per heavy atom. The minimum atomic E-state index is -0.807. The summed E-state index contributed by atoms with van der Waals surface area (Å²) >= 11 is 0. The molecule has 0 aromatic heterocycles. The highest BCUT2D eigenvalue weighted by atomic mass is 16.6. The molecule has 2 N–H and O–H groups in total. The highest BCUT2D eigenvalue weighted by molar-refractivity contribution is 5.96. The molecule has 2 aromatic rings. The maximum atomic E-state index is 12.7. The van der Waals surface area contributed by atoms with Crippen LogP contribution in [0.2, 0.25) is 0 Å². The molecule has 0 aliphatic rings. The SMILES string of the molecule is COc1ccc(C(=O)N[C@@H](CCCCNC(=O)OCc2ccccc2)C(=O)OC(C)(C)C)cc1. The Hall–Kier alpha value is -3.55.